The first-order chi connectivity index (χ1) is 11.9. The van der Waals surface area contributed by atoms with Crippen molar-refractivity contribution in [3.8, 4) is 11.3 Å². The van der Waals surface area contributed by atoms with Crippen LogP contribution in [0, 0.1) is 0 Å². The lowest BCUT2D eigenvalue weighted by Gasteiger charge is -2.16. The molecule has 0 unspecified atom stereocenters. The van der Waals surface area contributed by atoms with Crippen LogP contribution in [0.5, 0.6) is 0 Å². The summed E-state index contributed by atoms with van der Waals surface area (Å²) in [6.07, 6.45) is 2.90. The van der Waals surface area contributed by atoms with E-state index in [1.807, 2.05) is 19.9 Å². The van der Waals surface area contributed by atoms with Crippen molar-refractivity contribution in [2.45, 2.75) is 24.7 Å². The molecule has 1 aromatic heterocycles. The van der Waals surface area contributed by atoms with Crippen LogP contribution in [0.4, 0.5) is 5.69 Å². The van der Waals surface area contributed by atoms with Crippen molar-refractivity contribution in [3.63, 3.8) is 0 Å². The molecule has 5 nitrogen and oxygen atoms in total. The van der Waals surface area contributed by atoms with Crippen molar-refractivity contribution in [2.75, 3.05) is 4.72 Å². The van der Waals surface area contributed by atoms with Gasteiger partial charge in [0.15, 0.2) is 12.2 Å². The molecule has 0 aliphatic rings. The minimum Gasteiger partial charge on any atom is -0.444 e. The third-order valence-corrected chi connectivity index (χ3v) is 5.54. The first-order valence-electron chi connectivity index (χ1n) is 7.68. The summed E-state index contributed by atoms with van der Waals surface area (Å²) in [6, 6.07) is 11.7. The molecule has 1 heterocycles. The third-order valence-electron chi connectivity index (χ3n) is 3.74. The van der Waals surface area contributed by atoms with Crippen LogP contribution in [0.3, 0.4) is 0 Å². The maximum absolute atomic E-state index is 12.6. The number of anilines is 1. The molecule has 0 bridgehead atoms. The third kappa shape index (κ3) is 3.70. The number of hydrogen-bond donors (Lipinski definition) is 1. The molecular formula is C18H17ClN2O3S. The maximum atomic E-state index is 12.6. The van der Waals surface area contributed by atoms with E-state index in [4.69, 9.17) is 16.0 Å². The van der Waals surface area contributed by atoms with Crippen molar-refractivity contribution < 1.29 is 12.8 Å². The van der Waals surface area contributed by atoms with Gasteiger partial charge in [-0.25, -0.2) is 13.4 Å². The van der Waals surface area contributed by atoms with E-state index in [-0.39, 0.29) is 10.8 Å². The van der Waals surface area contributed by atoms with Gasteiger partial charge in [0.1, 0.15) is 0 Å². The van der Waals surface area contributed by atoms with Gasteiger partial charge in [-0.3, -0.25) is 4.72 Å². The molecule has 2 aromatic carbocycles. The van der Waals surface area contributed by atoms with Crippen molar-refractivity contribution in [1.29, 1.82) is 0 Å². The lowest BCUT2D eigenvalue weighted by atomic mass is 9.99. The number of sulfonamides is 1. The highest BCUT2D eigenvalue weighted by molar-refractivity contribution is 7.92. The second kappa shape index (κ2) is 6.90. The Hall–Kier alpha value is -2.31. The van der Waals surface area contributed by atoms with E-state index in [1.165, 1.54) is 18.5 Å². The van der Waals surface area contributed by atoms with Gasteiger partial charge in [-0.15, -0.1) is 0 Å². The summed E-state index contributed by atoms with van der Waals surface area (Å²) in [4.78, 5) is 4.08. The summed E-state index contributed by atoms with van der Waals surface area (Å²) >= 11 is 6.46. The lowest BCUT2D eigenvalue weighted by molar-refractivity contribution is 0.572. The Kier molecular flexibility index (Phi) is 4.83. The second-order valence-electron chi connectivity index (χ2n) is 5.87. The Bertz CT molecular complexity index is 969. The van der Waals surface area contributed by atoms with Crippen LogP contribution in [-0.2, 0) is 10.0 Å². The minimum absolute atomic E-state index is 0.107. The normalized spacial score (nSPS) is 11.7. The van der Waals surface area contributed by atoms with Gasteiger partial charge in [-0.05, 0) is 35.7 Å². The molecule has 1 N–H and O–H groups in total. The van der Waals surface area contributed by atoms with Gasteiger partial charge in [0.25, 0.3) is 10.0 Å². The van der Waals surface area contributed by atoms with Crippen LogP contribution in [0.1, 0.15) is 25.3 Å². The molecule has 130 valence electrons. The van der Waals surface area contributed by atoms with Crippen LogP contribution in [-0.4, -0.2) is 13.4 Å². The predicted octanol–water partition coefficient (Wildman–Crippen LogP) is 4.92. The first kappa shape index (κ1) is 17.5. The molecule has 3 rings (SSSR count). The fraction of sp³-hybridized carbons (Fsp3) is 0.167. The van der Waals surface area contributed by atoms with Crippen molar-refractivity contribution >= 4 is 27.3 Å². The van der Waals surface area contributed by atoms with Crippen molar-refractivity contribution in [2.24, 2.45) is 0 Å². The van der Waals surface area contributed by atoms with E-state index in [9.17, 15) is 8.42 Å². The van der Waals surface area contributed by atoms with Crippen molar-refractivity contribution in [3.05, 3.63) is 65.6 Å². The van der Waals surface area contributed by atoms with Crippen molar-refractivity contribution in [1.82, 2.24) is 4.98 Å². The molecule has 0 aliphatic heterocycles. The summed E-state index contributed by atoms with van der Waals surface area (Å²) in [6.45, 7) is 3.97. The number of rotatable bonds is 5. The fourth-order valence-electron chi connectivity index (χ4n) is 2.45. The molecular weight excluding hydrogens is 360 g/mol. The molecule has 0 radical (unpaired) electrons. The van der Waals surface area contributed by atoms with Gasteiger partial charge in [-0.1, -0.05) is 43.6 Å². The van der Waals surface area contributed by atoms with Gasteiger partial charge >= 0.3 is 0 Å². The van der Waals surface area contributed by atoms with Crippen LogP contribution in [0.25, 0.3) is 11.3 Å². The number of halogens is 1. The molecule has 0 saturated heterocycles. The smallest absolute Gasteiger partial charge is 0.261 e. The van der Waals surface area contributed by atoms with Gasteiger partial charge in [0, 0.05) is 5.56 Å². The number of hydrogen-bond acceptors (Lipinski definition) is 4. The van der Waals surface area contributed by atoms with E-state index >= 15 is 0 Å². The number of benzene rings is 2. The highest BCUT2D eigenvalue weighted by Gasteiger charge is 2.19. The number of oxazole rings is 1. The highest BCUT2D eigenvalue weighted by Crippen LogP contribution is 2.37. The summed E-state index contributed by atoms with van der Waals surface area (Å²) in [5.41, 5.74) is 1.83. The topological polar surface area (TPSA) is 72.2 Å². The maximum Gasteiger partial charge on any atom is 0.261 e. The standard InChI is InChI=1S/C18H17ClN2O3S/c1-12(2)15-8-13(17-10-20-11-24-17)9-16(18(15)19)21-25(22,23)14-6-4-3-5-7-14/h3-12,21H,1-2H3. The Morgan fingerprint density at radius 3 is 2.48 bits per heavy atom. The molecule has 7 heteroatoms. The molecule has 0 spiro atoms. The molecule has 0 amide bonds. The van der Waals surface area contributed by atoms with Gasteiger partial charge in [-0.2, -0.15) is 0 Å². The molecule has 0 fully saturated rings. The van der Waals surface area contributed by atoms with Gasteiger partial charge < -0.3 is 4.42 Å². The Labute approximate surface area is 151 Å². The highest BCUT2D eigenvalue weighted by atomic mass is 35.5. The zero-order valence-corrected chi connectivity index (χ0v) is 15.3. The largest absolute Gasteiger partial charge is 0.444 e. The lowest BCUT2D eigenvalue weighted by Crippen LogP contribution is -2.13. The SMILES string of the molecule is CC(C)c1cc(-c2cnco2)cc(NS(=O)(=O)c2ccccc2)c1Cl. The van der Waals surface area contributed by atoms with E-state index in [0.29, 0.717) is 22.0 Å². The Balaban J connectivity index is 2.09. The minimum atomic E-state index is -3.74. The fourth-order valence-corrected chi connectivity index (χ4v) is 3.96. The van der Waals surface area contributed by atoms with Crippen LogP contribution in [0.2, 0.25) is 5.02 Å². The second-order valence-corrected chi connectivity index (χ2v) is 7.93. The predicted molar refractivity (Wildman–Crippen MR) is 98.3 cm³/mol. The Morgan fingerprint density at radius 2 is 1.88 bits per heavy atom. The van der Waals surface area contributed by atoms with Crippen LogP contribution >= 0.6 is 11.6 Å². The average molecular weight is 377 g/mol. The zero-order chi connectivity index (χ0) is 18.0. The molecule has 0 aliphatic carbocycles. The van der Waals surface area contributed by atoms with Gasteiger partial charge in [0.2, 0.25) is 0 Å². The molecule has 0 saturated carbocycles. The Morgan fingerprint density at radius 1 is 1.16 bits per heavy atom. The zero-order valence-electron chi connectivity index (χ0n) is 13.7. The first-order valence-corrected chi connectivity index (χ1v) is 9.55. The summed E-state index contributed by atoms with van der Waals surface area (Å²) in [5, 5.41) is 0.373. The van der Waals surface area contributed by atoms with Crippen LogP contribution in [0.15, 0.2) is 64.4 Å². The van der Waals surface area contributed by atoms with E-state index in [1.54, 1.807) is 30.5 Å². The average Bonchev–Trinajstić information content (AvgIpc) is 3.11. The number of aromatic nitrogens is 1. The molecule has 25 heavy (non-hydrogen) atoms. The van der Waals surface area contributed by atoms with E-state index in [0.717, 1.165) is 5.56 Å². The summed E-state index contributed by atoms with van der Waals surface area (Å²) < 4.78 is 33.2. The van der Waals surface area contributed by atoms with E-state index in [2.05, 4.69) is 9.71 Å². The summed E-state index contributed by atoms with van der Waals surface area (Å²) in [5.74, 6) is 0.647. The van der Waals surface area contributed by atoms with Gasteiger partial charge in [0.05, 0.1) is 21.8 Å². The van der Waals surface area contributed by atoms with E-state index < -0.39 is 10.0 Å². The number of nitrogens with zero attached hydrogens (tertiary/aromatic N) is 1. The summed E-state index contributed by atoms with van der Waals surface area (Å²) in [7, 11) is -3.74. The monoisotopic (exact) mass is 376 g/mol. The molecule has 3 aromatic rings. The quantitative estimate of drug-likeness (QED) is 0.686. The molecule has 0 atom stereocenters. The number of nitrogens with one attached hydrogen (secondary N) is 1. The van der Waals surface area contributed by atoms with Crippen LogP contribution < -0.4 is 4.72 Å².